The number of hydrogen-bond donors (Lipinski definition) is 1. The van der Waals surface area contributed by atoms with Gasteiger partial charge >= 0.3 is 5.97 Å². The third kappa shape index (κ3) is 3.65. The summed E-state index contributed by atoms with van der Waals surface area (Å²) in [5.74, 6) is -1.33. The summed E-state index contributed by atoms with van der Waals surface area (Å²) in [5, 5.41) is 9.01. The van der Waals surface area contributed by atoms with Gasteiger partial charge in [-0.15, -0.1) is 0 Å². The molecule has 0 saturated carbocycles. The van der Waals surface area contributed by atoms with Crippen LogP contribution in [0.3, 0.4) is 0 Å². The molecule has 0 aromatic heterocycles. The summed E-state index contributed by atoms with van der Waals surface area (Å²) in [5.41, 5.74) is 0.319. The standard InChI is InChI=1S/C15H19NO5S/c1-2-7-16(13-6-8-22(20,21)10-13)14(17)11-4-3-5-12(9-11)15(18)19/h3-5,9,13H,2,6-8,10H2,1H3,(H,18,19). The van der Waals surface area contributed by atoms with Crippen LogP contribution in [0.1, 0.15) is 40.5 Å². The van der Waals surface area contributed by atoms with Crippen molar-refractivity contribution in [3.63, 3.8) is 0 Å². The SMILES string of the molecule is CCCN(C(=O)c1cccc(C(=O)O)c1)C1CCS(=O)(=O)C1. The highest BCUT2D eigenvalue weighted by molar-refractivity contribution is 7.91. The monoisotopic (exact) mass is 325 g/mol. The Morgan fingerprint density at radius 2 is 2.00 bits per heavy atom. The number of carbonyl (C=O) groups excluding carboxylic acids is 1. The van der Waals surface area contributed by atoms with Crippen LogP contribution < -0.4 is 0 Å². The smallest absolute Gasteiger partial charge is 0.335 e. The zero-order valence-corrected chi connectivity index (χ0v) is 13.2. The van der Waals surface area contributed by atoms with E-state index >= 15 is 0 Å². The Morgan fingerprint density at radius 1 is 1.32 bits per heavy atom. The lowest BCUT2D eigenvalue weighted by atomic mass is 10.1. The predicted octanol–water partition coefficient (Wildman–Crippen LogP) is 1.42. The van der Waals surface area contributed by atoms with Crippen molar-refractivity contribution in [2.45, 2.75) is 25.8 Å². The zero-order chi connectivity index (χ0) is 16.3. The van der Waals surface area contributed by atoms with Crippen LogP contribution in [-0.2, 0) is 9.84 Å². The molecule has 1 atom stereocenters. The van der Waals surface area contributed by atoms with Crippen LogP contribution in [0.4, 0.5) is 0 Å². The molecule has 0 bridgehead atoms. The quantitative estimate of drug-likeness (QED) is 0.884. The minimum absolute atomic E-state index is 0.0165. The van der Waals surface area contributed by atoms with Crippen LogP contribution >= 0.6 is 0 Å². The summed E-state index contributed by atoms with van der Waals surface area (Å²) in [6, 6.07) is 5.50. The summed E-state index contributed by atoms with van der Waals surface area (Å²) in [6.45, 7) is 2.37. The summed E-state index contributed by atoms with van der Waals surface area (Å²) in [6.07, 6.45) is 1.15. The van der Waals surface area contributed by atoms with E-state index in [9.17, 15) is 18.0 Å². The molecule has 6 nitrogen and oxygen atoms in total. The van der Waals surface area contributed by atoms with E-state index in [-0.39, 0.29) is 34.6 Å². The zero-order valence-electron chi connectivity index (χ0n) is 12.4. The Hall–Kier alpha value is -1.89. The summed E-state index contributed by atoms with van der Waals surface area (Å²) in [4.78, 5) is 25.2. The van der Waals surface area contributed by atoms with Crippen molar-refractivity contribution in [2.24, 2.45) is 0 Å². The fraction of sp³-hybridized carbons (Fsp3) is 0.467. The number of carboxylic acid groups (broad SMARTS) is 1. The van der Waals surface area contributed by atoms with Gasteiger partial charge in [0.1, 0.15) is 0 Å². The largest absolute Gasteiger partial charge is 0.478 e. The Kier molecular flexibility index (Phi) is 4.85. The van der Waals surface area contributed by atoms with E-state index in [0.717, 1.165) is 0 Å². The van der Waals surface area contributed by atoms with Gasteiger partial charge in [0, 0.05) is 18.2 Å². The van der Waals surface area contributed by atoms with Gasteiger partial charge in [-0.1, -0.05) is 13.0 Å². The first-order valence-electron chi connectivity index (χ1n) is 7.19. The number of carbonyl (C=O) groups is 2. The highest BCUT2D eigenvalue weighted by Gasteiger charge is 2.34. The van der Waals surface area contributed by atoms with E-state index in [1.54, 1.807) is 11.0 Å². The number of hydrogen-bond acceptors (Lipinski definition) is 4. The van der Waals surface area contributed by atoms with E-state index in [1.165, 1.54) is 18.2 Å². The Balaban J connectivity index is 2.27. The molecule has 1 fully saturated rings. The number of carboxylic acids is 1. The van der Waals surface area contributed by atoms with Crippen molar-refractivity contribution in [3.05, 3.63) is 35.4 Å². The van der Waals surface area contributed by atoms with Crippen molar-refractivity contribution in [1.82, 2.24) is 4.90 Å². The molecule has 1 aliphatic heterocycles. The number of nitrogens with zero attached hydrogens (tertiary/aromatic N) is 1. The topological polar surface area (TPSA) is 91.8 Å². The second kappa shape index (κ2) is 6.48. The Labute approximate surface area is 129 Å². The van der Waals surface area contributed by atoms with Crippen molar-refractivity contribution in [1.29, 1.82) is 0 Å². The van der Waals surface area contributed by atoms with Crippen LogP contribution in [0.15, 0.2) is 24.3 Å². The van der Waals surface area contributed by atoms with E-state index in [1.807, 2.05) is 6.92 Å². The number of rotatable bonds is 5. The van der Waals surface area contributed by atoms with Gasteiger partial charge in [-0.2, -0.15) is 0 Å². The van der Waals surface area contributed by atoms with Crippen molar-refractivity contribution < 1.29 is 23.1 Å². The van der Waals surface area contributed by atoms with Gasteiger partial charge in [0.15, 0.2) is 9.84 Å². The van der Waals surface area contributed by atoms with Crippen molar-refractivity contribution >= 4 is 21.7 Å². The molecule has 7 heteroatoms. The van der Waals surface area contributed by atoms with E-state index in [2.05, 4.69) is 0 Å². The van der Waals surface area contributed by atoms with Gasteiger partial charge < -0.3 is 10.0 Å². The van der Waals surface area contributed by atoms with Crippen molar-refractivity contribution in [2.75, 3.05) is 18.1 Å². The molecule has 1 aromatic rings. The molecule has 2 rings (SSSR count). The van der Waals surface area contributed by atoms with Gasteiger partial charge in [0.2, 0.25) is 0 Å². The minimum Gasteiger partial charge on any atom is -0.478 e. The molecular weight excluding hydrogens is 306 g/mol. The van der Waals surface area contributed by atoms with Crippen LogP contribution in [0.2, 0.25) is 0 Å². The lowest BCUT2D eigenvalue weighted by Crippen LogP contribution is -2.41. The first kappa shape index (κ1) is 16.5. The molecule has 1 aliphatic rings. The van der Waals surface area contributed by atoms with E-state index in [4.69, 9.17) is 5.11 Å². The number of amides is 1. The maximum atomic E-state index is 12.6. The highest BCUT2D eigenvalue weighted by atomic mass is 32.2. The average molecular weight is 325 g/mol. The normalized spacial score (nSPS) is 19.8. The summed E-state index contributed by atoms with van der Waals surface area (Å²) >= 11 is 0. The maximum absolute atomic E-state index is 12.6. The first-order chi connectivity index (χ1) is 10.3. The lowest BCUT2D eigenvalue weighted by molar-refractivity contribution is 0.0696. The Morgan fingerprint density at radius 3 is 2.55 bits per heavy atom. The molecule has 1 unspecified atom stereocenters. The van der Waals surface area contributed by atoms with Crippen molar-refractivity contribution in [3.8, 4) is 0 Å². The second-order valence-electron chi connectivity index (χ2n) is 5.44. The third-order valence-corrected chi connectivity index (χ3v) is 5.48. The number of benzene rings is 1. The van der Waals surface area contributed by atoms with Crippen LogP contribution in [0, 0.1) is 0 Å². The molecule has 0 aliphatic carbocycles. The highest BCUT2D eigenvalue weighted by Crippen LogP contribution is 2.21. The molecule has 1 N–H and O–H groups in total. The fourth-order valence-electron chi connectivity index (χ4n) is 2.66. The molecule has 1 aromatic carbocycles. The summed E-state index contributed by atoms with van der Waals surface area (Å²) in [7, 11) is -3.08. The first-order valence-corrected chi connectivity index (χ1v) is 9.01. The maximum Gasteiger partial charge on any atom is 0.335 e. The fourth-order valence-corrected chi connectivity index (χ4v) is 4.39. The lowest BCUT2D eigenvalue weighted by Gasteiger charge is -2.28. The van der Waals surface area contributed by atoms with Crippen LogP contribution in [0.5, 0.6) is 0 Å². The van der Waals surface area contributed by atoms with Gasteiger partial charge in [-0.25, -0.2) is 13.2 Å². The molecule has 1 saturated heterocycles. The third-order valence-electron chi connectivity index (χ3n) is 3.73. The molecule has 120 valence electrons. The van der Waals surface area contributed by atoms with Gasteiger partial charge in [-0.05, 0) is 31.0 Å². The minimum atomic E-state index is -3.08. The van der Waals surface area contributed by atoms with Crippen LogP contribution in [-0.4, -0.2) is 54.4 Å². The van der Waals surface area contributed by atoms with Gasteiger partial charge in [0.05, 0.1) is 17.1 Å². The second-order valence-corrected chi connectivity index (χ2v) is 7.67. The van der Waals surface area contributed by atoms with E-state index < -0.39 is 15.8 Å². The number of aromatic carboxylic acids is 1. The molecule has 22 heavy (non-hydrogen) atoms. The van der Waals surface area contributed by atoms with Gasteiger partial charge in [0.25, 0.3) is 5.91 Å². The molecule has 1 amide bonds. The molecule has 0 radical (unpaired) electrons. The van der Waals surface area contributed by atoms with Gasteiger partial charge in [-0.3, -0.25) is 4.79 Å². The molecular formula is C15H19NO5S. The van der Waals surface area contributed by atoms with E-state index in [0.29, 0.717) is 19.4 Å². The van der Waals surface area contributed by atoms with Crippen LogP contribution in [0.25, 0.3) is 0 Å². The molecule has 1 heterocycles. The summed E-state index contributed by atoms with van der Waals surface area (Å²) < 4.78 is 23.3. The Bertz CT molecular complexity index is 683. The number of sulfone groups is 1. The predicted molar refractivity (Wildman–Crippen MR) is 81.8 cm³/mol. The average Bonchev–Trinajstić information content (AvgIpc) is 2.84. The molecule has 0 spiro atoms.